The van der Waals surface area contributed by atoms with Crippen LogP contribution in [0.15, 0.2) is 28.4 Å². The van der Waals surface area contributed by atoms with Crippen LogP contribution in [0.2, 0.25) is 10.0 Å². The molecule has 1 aromatic carbocycles. The van der Waals surface area contributed by atoms with Crippen molar-refractivity contribution in [2.45, 2.75) is 19.9 Å². The summed E-state index contributed by atoms with van der Waals surface area (Å²) in [5.41, 5.74) is 1.60. The van der Waals surface area contributed by atoms with Gasteiger partial charge >= 0.3 is 4.87 Å². The summed E-state index contributed by atoms with van der Waals surface area (Å²) in [5, 5.41) is 5.67. The minimum absolute atomic E-state index is 0.0322. The number of carbonyl (C=O) groups is 1. The minimum Gasteiger partial charge on any atom is -0.354 e. The first-order valence-corrected chi connectivity index (χ1v) is 7.97. The molecule has 0 unspecified atom stereocenters. The molecule has 1 aromatic heterocycles. The van der Waals surface area contributed by atoms with Crippen molar-refractivity contribution in [1.29, 1.82) is 0 Å². The maximum Gasteiger partial charge on any atom is 0.307 e. The van der Waals surface area contributed by atoms with E-state index in [0.717, 1.165) is 22.6 Å². The van der Waals surface area contributed by atoms with E-state index in [1.807, 2.05) is 0 Å². The van der Waals surface area contributed by atoms with Gasteiger partial charge in [-0.2, -0.15) is 0 Å². The van der Waals surface area contributed by atoms with Crippen LogP contribution in [0.25, 0.3) is 0 Å². The van der Waals surface area contributed by atoms with Crippen molar-refractivity contribution in [2.24, 2.45) is 0 Å². The van der Waals surface area contributed by atoms with E-state index >= 15 is 0 Å². The number of halogens is 2. The molecule has 21 heavy (non-hydrogen) atoms. The normalized spacial score (nSPS) is 10.6. The predicted octanol–water partition coefficient (Wildman–Crippen LogP) is 2.88. The third kappa shape index (κ3) is 4.09. The van der Waals surface area contributed by atoms with Gasteiger partial charge in [0.25, 0.3) is 0 Å². The van der Waals surface area contributed by atoms with Crippen LogP contribution in [0, 0.1) is 6.92 Å². The summed E-state index contributed by atoms with van der Waals surface area (Å²) in [6.07, 6.45) is 0.543. The van der Waals surface area contributed by atoms with Gasteiger partial charge in [0.15, 0.2) is 0 Å². The van der Waals surface area contributed by atoms with Gasteiger partial charge in [-0.1, -0.05) is 40.6 Å². The number of amides is 1. The van der Waals surface area contributed by atoms with Gasteiger partial charge in [0.2, 0.25) is 5.91 Å². The molecule has 4 nitrogen and oxygen atoms in total. The second-order valence-corrected chi connectivity index (χ2v) is 6.16. The first-order chi connectivity index (χ1) is 9.99. The average Bonchev–Trinajstić information content (AvgIpc) is 2.74. The Morgan fingerprint density at radius 2 is 2.00 bits per heavy atom. The zero-order valence-corrected chi connectivity index (χ0v) is 13.7. The molecule has 0 bridgehead atoms. The van der Waals surface area contributed by atoms with E-state index in [2.05, 4.69) is 5.32 Å². The number of hydrogen-bond donors (Lipinski definition) is 1. The molecule has 7 heteroatoms. The van der Waals surface area contributed by atoms with E-state index in [1.54, 1.807) is 30.5 Å². The zero-order valence-electron chi connectivity index (χ0n) is 11.4. The van der Waals surface area contributed by atoms with Crippen molar-refractivity contribution in [1.82, 2.24) is 9.88 Å². The van der Waals surface area contributed by atoms with Crippen molar-refractivity contribution in [3.8, 4) is 0 Å². The first kappa shape index (κ1) is 16.1. The van der Waals surface area contributed by atoms with Crippen molar-refractivity contribution in [2.75, 3.05) is 6.54 Å². The first-order valence-electron chi connectivity index (χ1n) is 6.33. The third-order valence-corrected chi connectivity index (χ3v) is 4.63. The molecular formula is C14H14Cl2N2O2S. The van der Waals surface area contributed by atoms with Gasteiger partial charge in [0.05, 0.1) is 0 Å². The topological polar surface area (TPSA) is 51.1 Å². The Hall–Kier alpha value is -1.30. The van der Waals surface area contributed by atoms with E-state index < -0.39 is 0 Å². The molecule has 2 aromatic rings. The van der Waals surface area contributed by atoms with Crippen LogP contribution < -0.4 is 10.2 Å². The number of hydrogen-bond acceptors (Lipinski definition) is 3. The van der Waals surface area contributed by atoms with E-state index in [9.17, 15) is 9.59 Å². The molecule has 0 spiro atoms. The van der Waals surface area contributed by atoms with Crippen LogP contribution in [0.4, 0.5) is 0 Å². The fraction of sp³-hybridized carbons (Fsp3) is 0.286. The van der Waals surface area contributed by atoms with Crippen molar-refractivity contribution in [3.63, 3.8) is 0 Å². The summed E-state index contributed by atoms with van der Waals surface area (Å²) in [7, 11) is 0. The van der Waals surface area contributed by atoms with Crippen molar-refractivity contribution >= 4 is 40.4 Å². The second kappa shape index (κ2) is 7.11. The average molecular weight is 345 g/mol. The Morgan fingerprint density at radius 3 is 2.57 bits per heavy atom. The van der Waals surface area contributed by atoms with Gasteiger partial charge in [0.1, 0.15) is 6.54 Å². The van der Waals surface area contributed by atoms with E-state index in [1.165, 1.54) is 4.57 Å². The minimum atomic E-state index is -0.207. The fourth-order valence-corrected chi connectivity index (χ4v) is 3.21. The third-order valence-electron chi connectivity index (χ3n) is 3.04. The maximum atomic E-state index is 11.8. The molecule has 0 fully saturated rings. The molecule has 0 aliphatic heterocycles. The van der Waals surface area contributed by atoms with Gasteiger partial charge in [0, 0.05) is 27.7 Å². The van der Waals surface area contributed by atoms with Crippen LogP contribution >= 0.6 is 34.5 Å². The van der Waals surface area contributed by atoms with E-state index in [-0.39, 0.29) is 17.3 Å². The second-order valence-electron chi connectivity index (χ2n) is 4.53. The highest BCUT2D eigenvalue weighted by molar-refractivity contribution is 7.07. The number of benzene rings is 1. The molecule has 2 rings (SSSR count). The molecular weight excluding hydrogens is 331 g/mol. The van der Waals surface area contributed by atoms with Gasteiger partial charge in [-0.25, -0.2) is 0 Å². The molecule has 0 radical (unpaired) electrons. The van der Waals surface area contributed by atoms with Crippen LogP contribution in [0.5, 0.6) is 0 Å². The van der Waals surface area contributed by atoms with Crippen molar-refractivity contribution < 1.29 is 4.79 Å². The summed E-state index contributed by atoms with van der Waals surface area (Å²) < 4.78 is 1.45. The van der Waals surface area contributed by atoms with Crippen molar-refractivity contribution in [3.05, 3.63) is 54.5 Å². The van der Waals surface area contributed by atoms with E-state index in [0.29, 0.717) is 23.0 Å². The molecule has 0 saturated heterocycles. The number of rotatable bonds is 5. The summed E-state index contributed by atoms with van der Waals surface area (Å²) in [6.45, 7) is 2.25. The Kier molecular flexibility index (Phi) is 5.45. The van der Waals surface area contributed by atoms with Gasteiger partial charge < -0.3 is 5.32 Å². The predicted molar refractivity (Wildman–Crippen MR) is 86.5 cm³/mol. The Bertz CT molecular complexity index is 689. The lowest BCUT2D eigenvalue weighted by Crippen LogP contribution is -2.32. The maximum absolute atomic E-state index is 11.8. The highest BCUT2D eigenvalue weighted by atomic mass is 35.5. The SMILES string of the molecule is Cc1csc(=O)n1CC(=O)NCCc1c(Cl)cccc1Cl. The lowest BCUT2D eigenvalue weighted by molar-refractivity contribution is -0.121. The molecule has 1 amide bonds. The quantitative estimate of drug-likeness (QED) is 0.906. The molecule has 0 aliphatic rings. The molecule has 112 valence electrons. The molecule has 1 heterocycles. The molecule has 1 N–H and O–H groups in total. The highest BCUT2D eigenvalue weighted by Gasteiger charge is 2.09. The van der Waals surface area contributed by atoms with Crippen LogP contribution in [0.3, 0.4) is 0 Å². The smallest absolute Gasteiger partial charge is 0.307 e. The lowest BCUT2D eigenvalue weighted by Gasteiger charge is -2.09. The van der Waals surface area contributed by atoms with Crippen LogP contribution in [-0.2, 0) is 17.8 Å². The van der Waals surface area contributed by atoms with E-state index in [4.69, 9.17) is 23.2 Å². The summed E-state index contributed by atoms with van der Waals surface area (Å²) in [6, 6.07) is 5.30. The largest absolute Gasteiger partial charge is 0.354 e. The molecule has 0 atom stereocenters. The van der Waals surface area contributed by atoms with Gasteiger partial charge in [-0.15, -0.1) is 0 Å². The number of thiazole rings is 1. The highest BCUT2D eigenvalue weighted by Crippen LogP contribution is 2.24. The number of carbonyl (C=O) groups excluding carboxylic acids is 1. The molecule has 0 aliphatic carbocycles. The number of nitrogens with zero attached hydrogens (tertiary/aromatic N) is 1. The standard InChI is InChI=1S/C14H14Cl2N2O2S/c1-9-8-21-14(20)18(9)7-13(19)17-6-5-10-11(15)3-2-4-12(10)16/h2-4,8H,5-7H2,1H3,(H,17,19). The Labute approximate surface area is 136 Å². The summed E-state index contributed by atoms with van der Waals surface area (Å²) >= 11 is 13.2. The Balaban J connectivity index is 1.89. The fourth-order valence-electron chi connectivity index (χ4n) is 1.89. The number of aromatic nitrogens is 1. The Morgan fingerprint density at radius 1 is 1.33 bits per heavy atom. The zero-order chi connectivity index (χ0) is 15.4. The van der Waals surface area contributed by atoms with Gasteiger partial charge in [-0.3, -0.25) is 14.2 Å². The lowest BCUT2D eigenvalue weighted by atomic mass is 10.1. The number of aryl methyl sites for hydroxylation is 1. The molecule has 0 saturated carbocycles. The van der Waals surface area contributed by atoms with Crippen LogP contribution in [-0.4, -0.2) is 17.0 Å². The monoisotopic (exact) mass is 344 g/mol. The summed E-state index contributed by atoms with van der Waals surface area (Å²) in [5.74, 6) is -0.207. The summed E-state index contributed by atoms with van der Waals surface area (Å²) in [4.78, 5) is 23.2. The number of nitrogens with one attached hydrogen (secondary N) is 1. The van der Waals surface area contributed by atoms with Gasteiger partial charge in [-0.05, 0) is 31.0 Å². The van der Waals surface area contributed by atoms with Crippen LogP contribution in [0.1, 0.15) is 11.3 Å².